The Hall–Kier alpha value is -1.11. The van der Waals surface area contributed by atoms with Gasteiger partial charge in [0.25, 0.3) is 0 Å². The third kappa shape index (κ3) is 3.48. The van der Waals surface area contributed by atoms with Crippen molar-refractivity contribution in [1.29, 1.82) is 0 Å². The summed E-state index contributed by atoms with van der Waals surface area (Å²) in [5.74, 6) is -0.720. The van der Waals surface area contributed by atoms with Crippen molar-refractivity contribution in [1.82, 2.24) is 0 Å². The fourth-order valence-electron chi connectivity index (χ4n) is 0.998. The average Bonchev–Trinajstić information content (AvgIpc) is 2.19. The molecule has 0 bridgehead atoms. The molecule has 0 fully saturated rings. The van der Waals surface area contributed by atoms with Gasteiger partial charge in [0.1, 0.15) is 23.1 Å². The molecule has 0 aliphatic carbocycles. The van der Waals surface area contributed by atoms with Crippen LogP contribution in [0.1, 0.15) is 0 Å². The van der Waals surface area contributed by atoms with Crippen LogP contribution in [0.15, 0.2) is 34.7 Å². The second kappa shape index (κ2) is 5.29. The topological polar surface area (TPSA) is 69.4 Å². The minimum atomic E-state index is -4.02. The van der Waals surface area contributed by atoms with Crippen LogP contribution >= 0.6 is 11.6 Å². The van der Waals surface area contributed by atoms with Gasteiger partial charge in [-0.1, -0.05) is 11.6 Å². The first-order chi connectivity index (χ1) is 7.45. The van der Waals surface area contributed by atoms with Gasteiger partial charge in [-0.15, -0.1) is 0 Å². The molecular weight excluding hydrogens is 257 g/mol. The molecule has 0 heterocycles. The Balaban J connectivity index is 3.08. The van der Waals surface area contributed by atoms with Gasteiger partial charge in [0.2, 0.25) is 10.0 Å². The molecule has 0 saturated heterocycles. The predicted molar refractivity (Wildman–Crippen MR) is 58.3 cm³/mol. The fraction of sp³-hybridized carbons (Fsp3) is 0.111. The highest BCUT2D eigenvalue weighted by Gasteiger charge is 2.15. The van der Waals surface area contributed by atoms with Crippen LogP contribution < -0.4 is 9.88 Å². The van der Waals surface area contributed by atoms with Crippen molar-refractivity contribution in [3.8, 4) is 5.75 Å². The molecule has 7 heteroatoms. The highest BCUT2D eigenvalue weighted by atomic mass is 35.5. The lowest BCUT2D eigenvalue weighted by molar-refractivity contribution is 0.352. The van der Waals surface area contributed by atoms with Crippen molar-refractivity contribution in [2.75, 3.05) is 6.61 Å². The second-order valence-corrected chi connectivity index (χ2v) is 4.59. The molecule has 16 heavy (non-hydrogen) atoms. The Labute approximate surface area is 97.5 Å². The van der Waals surface area contributed by atoms with E-state index in [1.165, 1.54) is 17.7 Å². The number of halogens is 2. The molecule has 0 unspecified atom stereocenters. The van der Waals surface area contributed by atoms with Gasteiger partial charge in [-0.2, -0.15) is 0 Å². The van der Waals surface area contributed by atoms with E-state index in [2.05, 4.69) is 0 Å². The van der Waals surface area contributed by atoms with Crippen molar-refractivity contribution in [2.45, 2.75) is 4.90 Å². The molecule has 4 nitrogen and oxygen atoms in total. The minimum absolute atomic E-state index is 0.0151. The molecule has 0 aromatic heterocycles. The third-order valence-electron chi connectivity index (χ3n) is 1.64. The Morgan fingerprint density at radius 1 is 1.50 bits per heavy atom. The number of ether oxygens (including phenoxy) is 1. The van der Waals surface area contributed by atoms with Crippen LogP contribution in [-0.4, -0.2) is 15.0 Å². The number of hydrogen-bond acceptors (Lipinski definition) is 3. The fourth-order valence-corrected chi connectivity index (χ4v) is 1.75. The highest BCUT2D eigenvalue weighted by molar-refractivity contribution is 7.89. The van der Waals surface area contributed by atoms with Gasteiger partial charge in [-0.05, 0) is 24.3 Å². The zero-order chi connectivity index (χ0) is 12.2. The van der Waals surface area contributed by atoms with E-state index in [1.807, 2.05) is 0 Å². The Morgan fingerprint density at radius 3 is 2.75 bits per heavy atom. The van der Waals surface area contributed by atoms with E-state index < -0.39 is 20.7 Å². The van der Waals surface area contributed by atoms with Crippen molar-refractivity contribution in [3.05, 3.63) is 35.6 Å². The molecule has 0 aliphatic rings. The number of benzene rings is 1. The molecule has 0 radical (unpaired) electrons. The summed E-state index contributed by atoms with van der Waals surface area (Å²) in [6.45, 7) is 0.0671. The Bertz CT molecular complexity index is 501. The molecule has 2 N–H and O–H groups in total. The molecule has 0 amide bonds. The number of nitrogens with two attached hydrogens (primary N) is 1. The first-order valence-corrected chi connectivity index (χ1v) is 6.14. The standard InChI is InChI=1S/C9H9ClFNO3S/c10-4-1-5-15-8-3-2-7(11)6-9(8)16(12,13)14/h1-4,6H,5H2,(H2,12,13,14)/b4-1+. The SMILES string of the molecule is NS(=O)(=O)c1cc(F)ccc1OC/C=C/Cl. The van der Waals surface area contributed by atoms with Gasteiger partial charge in [0.05, 0.1) is 0 Å². The van der Waals surface area contributed by atoms with Crippen LogP contribution in [0.3, 0.4) is 0 Å². The van der Waals surface area contributed by atoms with Crippen LogP contribution in [0.5, 0.6) is 5.75 Å². The number of sulfonamides is 1. The van der Waals surface area contributed by atoms with Gasteiger partial charge in [0.15, 0.2) is 0 Å². The number of primary sulfonamides is 1. The number of hydrogen-bond donors (Lipinski definition) is 1. The maximum Gasteiger partial charge on any atom is 0.241 e. The highest BCUT2D eigenvalue weighted by Crippen LogP contribution is 2.23. The monoisotopic (exact) mass is 265 g/mol. The Kier molecular flexibility index (Phi) is 4.28. The van der Waals surface area contributed by atoms with Gasteiger partial charge in [0, 0.05) is 5.54 Å². The normalized spacial score (nSPS) is 11.9. The van der Waals surface area contributed by atoms with E-state index in [4.69, 9.17) is 21.5 Å². The summed E-state index contributed by atoms with van der Waals surface area (Å²) in [4.78, 5) is -0.393. The zero-order valence-electron chi connectivity index (χ0n) is 8.06. The van der Waals surface area contributed by atoms with Crippen molar-refractivity contribution >= 4 is 21.6 Å². The molecule has 88 valence electrons. The smallest absolute Gasteiger partial charge is 0.241 e. The summed E-state index contributed by atoms with van der Waals surface area (Å²) in [6.07, 6.45) is 1.46. The molecule has 1 aromatic carbocycles. The average molecular weight is 266 g/mol. The maximum atomic E-state index is 12.9. The lowest BCUT2D eigenvalue weighted by Crippen LogP contribution is -2.14. The van der Waals surface area contributed by atoms with Crippen LogP contribution in [-0.2, 0) is 10.0 Å². The molecular formula is C9H9ClFNO3S. The predicted octanol–water partition coefficient (Wildman–Crippen LogP) is 1.60. The van der Waals surface area contributed by atoms with Crippen LogP contribution in [0, 0.1) is 5.82 Å². The van der Waals surface area contributed by atoms with E-state index in [0.717, 1.165) is 12.1 Å². The van der Waals surface area contributed by atoms with Crippen LogP contribution in [0.2, 0.25) is 0 Å². The van der Waals surface area contributed by atoms with Gasteiger partial charge >= 0.3 is 0 Å². The second-order valence-electron chi connectivity index (χ2n) is 2.81. The lowest BCUT2D eigenvalue weighted by Gasteiger charge is -2.08. The minimum Gasteiger partial charge on any atom is -0.488 e. The molecule has 1 aromatic rings. The first kappa shape index (κ1) is 13.0. The van der Waals surface area contributed by atoms with Gasteiger partial charge in [-0.25, -0.2) is 17.9 Å². The van der Waals surface area contributed by atoms with E-state index in [9.17, 15) is 12.8 Å². The van der Waals surface area contributed by atoms with Gasteiger partial charge in [-0.3, -0.25) is 0 Å². The molecule has 1 rings (SSSR count). The molecule has 0 aliphatic heterocycles. The van der Waals surface area contributed by atoms with E-state index in [-0.39, 0.29) is 12.4 Å². The lowest BCUT2D eigenvalue weighted by atomic mass is 10.3. The van der Waals surface area contributed by atoms with E-state index in [0.29, 0.717) is 0 Å². The van der Waals surface area contributed by atoms with Crippen molar-refractivity contribution in [2.24, 2.45) is 5.14 Å². The summed E-state index contributed by atoms with van der Waals surface area (Å²) in [5.41, 5.74) is 1.22. The summed E-state index contributed by atoms with van der Waals surface area (Å²) >= 11 is 5.26. The Morgan fingerprint density at radius 2 is 2.19 bits per heavy atom. The number of rotatable bonds is 4. The molecule has 0 spiro atoms. The summed E-state index contributed by atoms with van der Waals surface area (Å²) in [7, 11) is -4.02. The van der Waals surface area contributed by atoms with E-state index in [1.54, 1.807) is 0 Å². The van der Waals surface area contributed by atoms with Crippen LogP contribution in [0.4, 0.5) is 4.39 Å². The summed E-state index contributed by atoms with van der Waals surface area (Å²) in [5, 5.41) is 4.91. The summed E-state index contributed by atoms with van der Waals surface area (Å²) < 4.78 is 40.2. The molecule has 0 saturated carbocycles. The zero-order valence-corrected chi connectivity index (χ0v) is 9.63. The molecule has 0 atom stereocenters. The van der Waals surface area contributed by atoms with Crippen molar-refractivity contribution in [3.63, 3.8) is 0 Å². The van der Waals surface area contributed by atoms with E-state index >= 15 is 0 Å². The third-order valence-corrected chi connectivity index (χ3v) is 2.75. The summed E-state index contributed by atoms with van der Waals surface area (Å²) in [6, 6.07) is 3.07. The van der Waals surface area contributed by atoms with Gasteiger partial charge < -0.3 is 4.74 Å². The largest absolute Gasteiger partial charge is 0.488 e. The van der Waals surface area contributed by atoms with Crippen molar-refractivity contribution < 1.29 is 17.5 Å². The first-order valence-electron chi connectivity index (χ1n) is 4.15. The van der Waals surface area contributed by atoms with Crippen LogP contribution in [0.25, 0.3) is 0 Å². The maximum absolute atomic E-state index is 12.9. The quantitative estimate of drug-likeness (QED) is 0.899.